The summed E-state index contributed by atoms with van der Waals surface area (Å²) in [7, 11) is 0. The molecule has 5 aromatic rings. The molecule has 1 aromatic heterocycles. The minimum atomic E-state index is 0.137. The Balaban J connectivity index is 1.59. The zero-order valence-electron chi connectivity index (χ0n) is 17.0. The zero-order valence-corrected chi connectivity index (χ0v) is 18.5. The van der Waals surface area contributed by atoms with Gasteiger partial charge in [-0.25, -0.2) is 9.97 Å². The molecule has 0 bridgehead atoms. The Hall–Kier alpha value is -3.18. The van der Waals surface area contributed by atoms with E-state index in [1.54, 1.807) is 0 Å². The van der Waals surface area contributed by atoms with E-state index in [4.69, 9.17) is 33.3 Å². The maximum Gasteiger partial charge on any atom is 0.227 e. The van der Waals surface area contributed by atoms with Gasteiger partial charge in [0.1, 0.15) is 0 Å². The fraction of sp³-hybridized carbons (Fsp3) is 0.0769. The fourth-order valence-electron chi connectivity index (χ4n) is 3.85. The van der Waals surface area contributed by atoms with Crippen molar-refractivity contribution in [1.29, 1.82) is 0 Å². The van der Waals surface area contributed by atoms with Gasteiger partial charge in [-0.05, 0) is 58.8 Å². The SMILES string of the molecule is OCCc1ccc(Nc2ncc3cc(-c4ccc(Cl)c(Cl)c4)c4ccccc4c3n2)cc1. The Morgan fingerprint density at radius 1 is 0.844 bits per heavy atom. The molecule has 0 amide bonds. The molecule has 5 rings (SSSR count). The molecule has 0 aliphatic heterocycles. The molecular weight excluding hydrogens is 441 g/mol. The molecule has 0 aliphatic rings. The molecule has 1 heterocycles. The first kappa shape index (κ1) is 20.7. The van der Waals surface area contributed by atoms with E-state index in [0.29, 0.717) is 22.4 Å². The molecule has 32 heavy (non-hydrogen) atoms. The van der Waals surface area contributed by atoms with E-state index in [1.165, 1.54) is 0 Å². The molecule has 0 aliphatic carbocycles. The molecule has 4 nitrogen and oxygen atoms in total. The molecule has 158 valence electrons. The standard InChI is InChI=1S/C26H19Cl2N3O/c27-23-10-7-17(14-24(23)28)22-13-18-15-29-26(30-19-8-5-16(6-9-19)11-12-32)31-25(18)21-4-2-1-3-20(21)22/h1-10,13-15,32H,11-12H2,(H,29,30,31). The predicted octanol–water partition coefficient (Wildman–Crippen LogP) is 7.04. The van der Waals surface area contributed by atoms with Crippen LogP contribution in [0.4, 0.5) is 11.6 Å². The number of fused-ring (bicyclic) bond motifs is 3. The van der Waals surface area contributed by atoms with Crippen molar-refractivity contribution in [3.63, 3.8) is 0 Å². The van der Waals surface area contributed by atoms with Gasteiger partial charge in [0.25, 0.3) is 0 Å². The summed E-state index contributed by atoms with van der Waals surface area (Å²) in [5.74, 6) is 0.528. The third-order valence-electron chi connectivity index (χ3n) is 5.43. The number of rotatable bonds is 5. The molecule has 0 radical (unpaired) electrons. The Morgan fingerprint density at radius 3 is 2.38 bits per heavy atom. The third-order valence-corrected chi connectivity index (χ3v) is 6.17. The summed E-state index contributed by atoms with van der Waals surface area (Å²) >= 11 is 12.4. The molecule has 0 saturated heterocycles. The number of nitrogens with zero attached hydrogens (tertiary/aromatic N) is 2. The number of anilines is 2. The monoisotopic (exact) mass is 459 g/mol. The average molecular weight is 460 g/mol. The first-order chi connectivity index (χ1) is 15.6. The molecule has 6 heteroatoms. The van der Waals surface area contributed by atoms with Gasteiger partial charge in [-0.3, -0.25) is 0 Å². The van der Waals surface area contributed by atoms with Gasteiger partial charge in [0.15, 0.2) is 0 Å². The number of halogens is 2. The first-order valence-electron chi connectivity index (χ1n) is 10.2. The van der Waals surface area contributed by atoms with E-state index < -0.39 is 0 Å². The lowest BCUT2D eigenvalue weighted by atomic mass is 9.96. The largest absolute Gasteiger partial charge is 0.396 e. The Kier molecular flexibility index (Phi) is 5.66. The van der Waals surface area contributed by atoms with Crippen LogP contribution >= 0.6 is 23.2 Å². The summed E-state index contributed by atoms with van der Waals surface area (Å²) in [6, 6.07) is 23.8. The quantitative estimate of drug-likeness (QED) is 0.276. The Bertz CT molecular complexity index is 1440. The smallest absolute Gasteiger partial charge is 0.227 e. The van der Waals surface area contributed by atoms with Gasteiger partial charge in [-0.15, -0.1) is 0 Å². The maximum absolute atomic E-state index is 9.08. The van der Waals surface area contributed by atoms with Crippen LogP contribution in [0.5, 0.6) is 0 Å². The number of benzene rings is 4. The van der Waals surface area contributed by atoms with Crippen LogP contribution in [0.1, 0.15) is 5.56 Å². The van der Waals surface area contributed by atoms with Crippen LogP contribution in [0.15, 0.2) is 79.0 Å². The second-order valence-corrected chi connectivity index (χ2v) is 8.34. The van der Waals surface area contributed by atoms with Gasteiger partial charge >= 0.3 is 0 Å². The lowest BCUT2D eigenvalue weighted by Crippen LogP contribution is -1.98. The van der Waals surface area contributed by atoms with E-state index in [-0.39, 0.29) is 6.61 Å². The number of nitrogens with one attached hydrogen (secondary N) is 1. The normalized spacial score (nSPS) is 11.2. The highest BCUT2D eigenvalue weighted by atomic mass is 35.5. The molecular formula is C26H19Cl2N3O. The van der Waals surface area contributed by atoms with Gasteiger partial charge in [0.2, 0.25) is 5.95 Å². The van der Waals surface area contributed by atoms with Crippen molar-refractivity contribution >= 4 is 56.5 Å². The number of aliphatic hydroxyl groups excluding tert-OH is 1. The van der Waals surface area contributed by atoms with Crippen molar-refractivity contribution in [2.45, 2.75) is 6.42 Å². The zero-order chi connectivity index (χ0) is 22.1. The average Bonchev–Trinajstić information content (AvgIpc) is 2.82. The molecule has 0 unspecified atom stereocenters. The van der Waals surface area contributed by atoms with Crippen LogP contribution in [0.25, 0.3) is 32.8 Å². The van der Waals surface area contributed by atoms with E-state index in [9.17, 15) is 0 Å². The maximum atomic E-state index is 9.08. The summed E-state index contributed by atoms with van der Waals surface area (Å²) in [6.45, 7) is 0.137. The first-order valence-corrected chi connectivity index (χ1v) is 11.0. The summed E-state index contributed by atoms with van der Waals surface area (Å²) in [5, 5.41) is 16.5. The van der Waals surface area contributed by atoms with Crippen LogP contribution in [0.3, 0.4) is 0 Å². The summed E-state index contributed by atoms with van der Waals surface area (Å²) < 4.78 is 0. The van der Waals surface area contributed by atoms with E-state index >= 15 is 0 Å². The van der Waals surface area contributed by atoms with Crippen LogP contribution in [-0.2, 0) is 6.42 Å². The van der Waals surface area contributed by atoms with Crippen molar-refractivity contribution in [3.05, 3.63) is 94.6 Å². The number of aromatic nitrogens is 2. The predicted molar refractivity (Wildman–Crippen MR) is 133 cm³/mol. The summed E-state index contributed by atoms with van der Waals surface area (Å²) in [5.41, 5.74) is 4.89. The van der Waals surface area contributed by atoms with Crippen LogP contribution in [0.2, 0.25) is 10.0 Å². The highest BCUT2D eigenvalue weighted by Crippen LogP contribution is 2.36. The van der Waals surface area contributed by atoms with E-state index in [0.717, 1.165) is 44.1 Å². The molecule has 0 saturated carbocycles. The highest BCUT2D eigenvalue weighted by molar-refractivity contribution is 6.42. The second kappa shape index (κ2) is 8.75. The van der Waals surface area contributed by atoms with Crippen LogP contribution in [-0.4, -0.2) is 21.7 Å². The summed E-state index contributed by atoms with van der Waals surface area (Å²) in [6.07, 6.45) is 2.47. The Labute approximate surface area is 195 Å². The summed E-state index contributed by atoms with van der Waals surface area (Å²) in [4.78, 5) is 9.34. The molecule has 0 spiro atoms. The molecule has 4 aromatic carbocycles. The van der Waals surface area contributed by atoms with E-state index in [1.807, 2.05) is 60.8 Å². The second-order valence-electron chi connectivity index (χ2n) is 7.53. The molecule has 2 N–H and O–H groups in total. The molecule has 0 atom stereocenters. The van der Waals surface area contributed by atoms with Gasteiger partial charge in [-0.1, -0.05) is 65.7 Å². The van der Waals surface area contributed by atoms with Crippen molar-refractivity contribution in [2.24, 2.45) is 0 Å². The van der Waals surface area contributed by atoms with Crippen molar-refractivity contribution in [3.8, 4) is 11.1 Å². The fourth-order valence-corrected chi connectivity index (χ4v) is 4.14. The van der Waals surface area contributed by atoms with Crippen molar-refractivity contribution in [2.75, 3.05) is 11.9 Å². The number of hydrogen-bond acceptors (Lipinski definition) is 4. The van der Waals surface area contributed by atoms with Gasteiger partial charge in [0.05, 0.1) is 15.6 Å². The van der Waals surface area contributed by atoms with Gasteiger partial charge in [-0.2, -0.15) is 0 Å². The van der Waals surface area contributed by atoms with Crippen LogP contribution < -0.4 is 5.32 Å². The lowest BCUT2D eigenvalue weighted by molar-refractivity contribution is 0.299. The minimum absolute atomic E-state index is 0.137. The van der Waals surface area contributed by atoms with Crippen molar-refractivity contribution in [1.82, 2.24) is 9.97 Å². The Morgan fingerprint density at radius 2 is 1.62 bits per heavy atom. The minimum Gasteiger partial charge on any atom is -0.396 e. The lowest BCUT2D eigenvalue weighted by Gasteiger charge is -2.12. The third kappa shape index (κ3) is 4.00. The topological polar surface area (TPSA) is 58.0 Å². The van der Waals surface area contributed by atoms with Crippen molar-refractivity contribution < 1.29 is 5.11 Å². The van der Waals surface area contributed by atoms with Gasteiger partial charge < -0.3 is 10.4 Å². The highest BCUT2D eigenvalue weighted by Gasteiger charge is 2.12. The van der Waals surface area contributed by atoms with Gasteiger partial charge in [0, 0.05) is 29.3 Å². The number of aliphatic hydroxyl groups is 1. The van der Waals surface area contributed by atoms with E-state index in [2.05, 4.69) is 28.5 Å². The van der Waals surface area contributed by atoms with Crippen LogP contribution in [0, 0.1) is 0 Å². The molecule has 0 fully saturated rings. The number of hydrogen-bond donors (Lipinski definition) is 2.